The van der Waals surface area contributed by atoms with Gasteiger partial charge in [0.1, 0.15) is 0 Å². The van der Waals surface area contributed by atoms with Gasteiger partial charge in [-0.25, -0.2) is 0 Å². The lowest BCUT2D eigenvalue weighted by Gasteiger charge is -2.36. The van der Waals surface area contributed by atoms with E-state index in [1.54, 1.807) is 11.3 Å². The maximum atomic E-state index is 12.4. The molecule has 23 heavy (non-hydrogen) atoms. The molecular weight excluding hydrogens is 334 g/mol. The molecular formula is C16H24ClN3O2S. The fourth-order valence-corrected chi connectivity index (χ4v) is 4.23. The number of carbonyl (C=O) groups excluding carboxylic acids is 1. The summed E-state index contributed by atoms with van der Waals surface area (Å²) in [6, 6.07) is 4.06. The third-order valence-electron chi connectivity index (χ3n) is 4.43. The maximum absolute atomic E-state index is 12.4. The first-order valence-electron chi connectivity index (χ1n) is 8.18. The number of hydrogen-bond donors (Lipinski definition) is 0. The molecule has 1 aromatic heterocycles. The molecule has 7 heteroatoms. The second-order valence-corrected chi connectivity index (χ2v) is 8.08. The number of rotatable bonds is 4. The van der Waals surface area contributed by atoms with Gasteiger partial charge in [0.2, 0.25) is 5.91 Å². The topological polar surface area (TPSA) is 36.0 Å². The Morgan fingerprint density at radius 1 is 1.26 bits per heavy atom. The van der Waals surface area contributed by atoms with E-state index in [0.717, 1.165) is 50.1 Å². The number of thiophene rings is 1. The molecule has 0 radical (unpaired) electrons. The SMILES string of the molecule is CC1CN(C(=O)CN2CCN(Cc3ccc(Cl)s3)CC2)CCO1. The average Bonchev–Trinajstić information content (AvgIpc) is 2.94. The Bertz CT molecular complexity index is 531. The van der Waals surface area contributed by atoms with Crippen LogP contribution in [0.25, 0.3) is 0 Å². The number of morpholine rings is 1. The molecule has 2 fully saturated rings. The van der Waals surface area contributed by atoms with E-state index >= 15 is 0 Å². The Morgan fingerprint density at radius 2 is 2.00 bits per heavy atom. The first kappa shape index (κ1) is 17.2. The maximum Gasteiger partial charge on any atom is 0.236 e. The Labute approximate surface area is 146 Å². The third-order valence-corrected chi connectivity index (χ3v) is 5.64. The van der Waals surface area contributed by atoms with Gasteiger partial charge in [-0.1, -0.05) is 11.6 Å². The van der Waals surface area contributed by atoms with Crippen molar-refractivity contribution in [2.24, 2.45) is 0 Å². The van der Waals surface area contributed by atoms with Crippen molar-refractivity contribution in [3.63, 3.8) is 0 Å². The first-order valence-corrected chi connectivity index (χ1v) is 9.38. The summed E-state index contributed by atoms with van der Waals surface area (Å²) in [5.41, 5.74) is 0. The summed E-state index contributed by atoms with van der Waals surface area (Å²) < 4.78 is 6.35. The van der Waals surface area contributed by atoms with Crippen molar-refractivity contribution in [2.45, 2.75) is 19.6 Å². The second kappa shape index (κ2) is 7.94. The fraction of sp³-hybridized carbons (Fsp3) is 0.688. The zero-order chi connectivity index (χ0) is 16.2. The largest absolute Gasteiger partial charge is 0.375 e. The van der Waals surface area contributed by atoms with Gasteiger partial charge in [0.05, 0.1) is 23.6 Å². The van der Waals surface area contributed by atoms with E-state index in [2.05, 4.69) is 15.9 Å². The molecule has 0 spiro atoms. The highest BCUT2D eigenvalue weighted by Gasteiger charge is 2.25. The van der Waals surface area contributed by atoms with Crippen LogP contribution in [0.4, 0.5) is 0 Å². The average molecular weight is 358 g/mol. The summed E-state index contributed by atoms with van der Waals surface area (Å²) in [4.78, 5) is 20.3. The fourth-order valence-electron chi connectivity index (χ4n) is 3.10. The van der Waals surface area contributed by atoms with Crippen LogP contribution in [-0.4, -0.2) is 79.1 Å². The number of ether oxygens (including phenoxy) is 1. The van der Waals surface area contributed by atoms with Crippen molar-refractivity contribution in [1.29, 1.82) is 0 Å². The number of halogens is 1. The van der Waals surface area contributed by atoms with Gasteiger partial charge in [0, 0.05) is 50.7 Å². The molecule has 0 saturated carbocycles. The molecule has 1 atom stereocenters. The van der Waals surface area contributed by atoms with Crippen LogP contribution in [0.2, 0.25) is 4.34 Å². The number of carbonyl (C=O) groups is 1. The van der Waals surface area contributed by atoms with Gasteiger partial charge < -0.3 is 9.64 Å². The van der Waals surface area contributed by atoms with Gasteiger partial charge in [-0.3, -0.25) is 14.6 Å². The van der Waals surface area contributed by atoms with Crippen LogP contribution in [0.3, 0.4) is 0 Å². The number of amides is 1. The highest BCUT2D eigenvalue weighted by molar-refractivity contribution is 7.16. The Hall–Kier alpha value is -0.660. The lowest BCUT2D eigenvalue weighted by Crippen LogP contribution is -2.52. The molecule has 0 aliphatic carbocycles. The standard InChI is InChI=1S/C16H24ClN3O2S/c1-13-10-20(8-9-22-13)16(21)12-19-6-4-18(5-7-19)11-14-2-3-15(17)23-14/h2-3,13H,4-12H2,1H3. The quantitative estimate of drug-likeness (QED) is 0.822. The van der Waals surface area contributed by atoms with Crippen molar-refractivity contribution in [3.8, 4) is 0 Å². The van der Waals surface area contributed by atoms with Crippen molar-refractivity contribution >= 4 is 28.8 Å². The molecule has 128 valence electrons. The van der Waals surface area contributed by atoms with Crippen LogP contribution in [0.1, 0.15) is 11.8 Å². The summed E-state index contributed by atoms with van der Waals surface area (Å²) in [6.45, 7) is 9.52. The zero-order valence-corrected chi connectivity index (χ0v) is 15.1. The minimum absolute atomic E-state index is 0.155. The van der Waals surface area contributed by atoms with Gasteiger partial charge in [0.15, 0.2) is 0 Å². The minimum Gasteiger partial charge on any atom is -0.375 e. The van der Waals surface area contributed by atoms with Gasteiger partial charge in [-0.05, 0) is 19.1 Å². The van der Waals surface area contributed by atoms with E-state index in [4.69, 9.17) is 16.3 Å². The molecule has 1 amide bonds. The normalized spacial score (nSPS) is 24.1. The molecule has 2 aliphatic rings. The molecule has 2 aliphatic heterocycles. The van der Waals surface area contributed by atoms with Crippen molar-refractivity contribution < 1.29 is 9.53 Å². The highest BCUT2D eigenvalue weighted by Crippen LogP contribution is 2.23. The molecule has 3 rings (SSSR count). The number of nitrogens with zero attached hydrogens (tertiary/aromatic N) is 3. The van der Waals surface area contributed by atoms with Crippen LogP contribution < -0.4 is 0 Å². The first-order chi connectivity index (χ1) is 11.1. The summed E-state index contributed by atoms with van der Waals surface area (Å²) in [5.74, 6) is 0.235. The third kappa shape index (κ3) is 4.90. The van der Waals surface area contributed by atoms with Crippen LogP contribution in [-0.2, 0) is 16.1 Å². The summed E-state index contributed by atoms with van der Waals surface area (Å²) in [7, 11) is 0. The molecule has 2 saturated heterocycles. The van der Waals surface area contributed by atoms with Crippen molar-refractivity contribution in [1.82, 2.24) is 14.7 Å². The summed E-state index contributed by atoms with van der Waals surface area (Å²) >= 11 is 7.63. The molecule has 0 bridgehead atoms. The minimum atomic E-state index is 0.155. The highest BCUT2D eigenvalue weighted by atomic mass is 35.5. The van der Waals surface area contributed by atoms with Gasteiger partial charge in [-0.15, -0.1) is 11.3 Å². The molecule has 1 unspecified atom stereocenters. The van der Waals surface area contributed by atoms with E-state index in [1.807, 2.05) is 17.9 Å². The lowest BCUT2D eigenvalue weighted by molar-refractivity contribution is -0.139. The predicted molar refractivity (Wildman–Crippen MR) is 93.0 cm³/mol. The predicted octanol–water partition coefficient (Wildman–Crippen LogP) is 1.77. The number of hydrogen-bond acceptors (Lipinski definition) is 5. The van der Waals surface area contributed by atoms with Crippen LogP contribution in [0, 0.1) is 0 Å². The van der Waals surface area contributed by atoms with E-state index in [9.17, 15) is 4.79 Å². The van der Waals surface area contributed by atoms with Gasteiger partial charge in [0.25, 0.3) is 0 Å². The van der Waals surface area contributed by atoms with E-state index in [-0.39, 0.29) is 12.0 Å². The number of piperazine rings is 1. The zero-order valence-electron chi connectivity index (χ0n) is 13.5. The monoisotopic (exact) mass is 357 g/mol. The van der Waals surface area contributed by atoms with Crippen molar-refractivity contribution in [3.05, 3.63) is 21.3 Å². The van der Waals surface area contributed by atoms with Crippen LogP contribution in [0.15, 0.2) is 12.1 Å². The molecule has 3 heterocycles. The molecule has 0 N–H and O–H groups in total. The summed E-state index contributed by atoms with van der Waals surface area (Å²) in [6.07, 6.45) is 0.155. The Kier molecular flexibility index (Phi) is 5.93. The second-order valence-electron chi connectivity index (χ2n) is 6.28. The van der Waals surface area contributed by atoms with Gasteiger partial charge in [-0.2, -0.15) is 0 Å². The van der Waals surface area contributed by atoms with E-state index in [0.29, 0.717) is 13.2 Å². The Balaban J connectivity index is 1.41. The molecule has 0 aromatic carbocycles. The van der Waals surface area contributed by atoms with Crippen LogP contribution >= 0.6 is 22.9 Å². The Morgan fingerprint density at radius 3 is 2.65 bits per heavy atom. The molecule has 5 nitrogen and oxygen atoms in total. The van der Waals surface area contributed by atoms with Crippen LogP contribution in [0.5, 0.6) is 0 Å². The smallest absolute Gasteiger partial charge is 0.236 e. The van der Waals surface area contributed by atoms with Crippen molar-refractivity contribution in [2.75, 3.05) is 52.4 Å². The lowest BCUT2D eigenvalue weighted by atomic mass is 10.2. The molecule has 1 aromatic rings. The van der Waals surface area contributed by atoms with E-state index < -0.39 is 0 Å². The summed E-state index contributed by atoms with van der Waals surface area (Å²) in [5, 5.41) is 0. The van der Waals surface area contributed by atoms with E-state index in [1.165, 1.54) is 4.88 Å². The van der Waals surface area contributed by atoms with Gasteiger partial charge >= 0.3 is 0 Å².